The van der Waals surface area contributed by atoms with Gasteiger partial charge in [-0.05, 0) is 62.2 Å². The molecule has 0 fully saturated rings. The van der Waals surface area contributed by atoms with Crippen LogP contribution in [0.1, 0.15) is 12.5 Å². The summed E-state index contributed by atoms with van der Waals surface area (Å²) in [5, 5.41) is 7.12. The first kappa shape index (κ1) is 28.6. The van der Waals surface area contributed by atoms with Crippen LogP contribution in [0.3, 0.4) is 0 Å². The van der Waals surface area contributed by atoms with Gasteiger partial charge in [-0.3, -0.25) is 4.57 Å². The average molecular weight is 660 g/mol. The molecule has 10 aromatic rings. The molecule has 236 valence electrons. The molecule has 10 rings (SSSR count). The van der Waals surface area contributed by atoms with Crippen molar-refractivity contribution in [3.63, 3.8) is 0 Å². The van der Waals surface area contributed by atoms with Crippen molar-refractivity contribution < 1.29 is 0 Å². The number of aliphatic imine (C=N–C) groups is 1. The number of thiophene rings is 1. The third-order valence-corrected chi connectivity index (χ3v) is 10.9. The highest BCUT2D eigenvalue weighted by Gasteiger charge is 2.22. The van der Waals surface area contributed by atoms with E-state index in [1.807, 2.05) is 60.9 Å². The molecule has 0 atom stereocenters. The number of aromatic nitrogens is 4. The Morgan fingerprint density at radius 3 is 2.28 bits per heavy atom. The quantitative estimate of drug-likeness (QED) is 0.173. The molecule has 6 heteroatoms. The Balaban J connectivity index is 1.24. The van der Waals surface area contributed by atoms with E-state index in [-0.39, 0.29) is 0 Å². The monoisotopic (exact) mass is 659 g/mol. The van der Waals surface area contributed by atoms with Crippen molar-refractivity contribution in [1.29, 1.82) is 0 Å². The molecule has 0 aliphatic carbocycles. The van der Waals surface area contributed by atoms with Crippen molar-refractivity contribution in [3.8, 4) is 22.8 Å². The van der Waals surface area contributed by atoms with Gasteiger partial charge in [0.05, 0.1) is 26.8 Å². The zero-order chi connectivity index (χ0) is 33.3. The molecule has 6 aromatic carbocycles. The molecular formula is C44H29N5S. The molecule has 0 unspecified atom stereocenters. The molecular weight excluding hydrogens is 631 g/mol. The summed E-state index contributed by atoms with van der Waals surface area (Å²) in [4.78, 5) is 14.2. The Morgan fingerprint density at radius 2 is 1.46 bits per heavy atom. The van der Waals surface area contributed by atoms with Gasteiger partial charge in [-0.1, -0.05) is 91.0 Å². The molecule has 0 aliphatic heterocycles. The fraction of sp³-hybridized carbons (Fsp3) is 0.0227. The molecule has 0 spiro atoms. The maximum Gasteiger partial charge on any atom is 0.159 e. The van der Waals surface area contributed by atoms with Crippen LogP contribution in [0.5, 0.6) is 0 Å². The largest absolute Gasteiger partial charge is 0.309 e. The highest BCUT2D eigenvalue weighted by Crippen LogP contribution is 2.46. The Hall–Kier alpha value is -6.37. The van der Waals surface area contributed by atoms with E-state index >= 15 is 0 Å². The summed E-state index contributed by atoms with van der Waals surface area (Å²) in [7, 11) is 0. The van der Waals surface area contributed by atoms with Gasteiger partial charge in [-0.2, -0.15) is 0 Å². The molecule has 0 radical (unpaired) electrons. The van der Waals surface area contributed by atoms with E-state index in [1.165, 1.54) is 47.4 Å². The summed E-state index contributed by atoms with van der Waals surface area (Å²) in [6, 6.07) is 45.1. The normalized spacial score (nSPS) is 12.1. The molecule has 0 bridgehead atoms. The molecule has 0 saturated heterocycles. The van der Waals surface area contributed by atoms with Crippen LogP contribution < -0.4 is 0 Å². The van der Waals surface area contributed by atoms with E-state index < -0.39 is 0 Å². The Morgan fingerprint density at radius 1 is 0.680 bits per heavy atom. The second kappa shape index (κ2) is 11.1. The predicted octanol–water partition coefficient (Wildman–Crippen LogP) is 12.1. The van der Waals surface area contributed by atoms with Crippen LogP contribution in [0, 0.1) is 0 Å². The number of benzene rings is 6. The molecule has 0 aliphatic rings. The van der Waals surface area contributed by atoms with E-state index in [9.17, 15) is 0 Å². The number of hydrogen-bond donors (Lipinski definition) is 0. The number of fused-ring (bicyclic) bond motifs is 9. The van der Waals surface area contributed by atoms with Crippen molar-refractivity contribution in [2.45, 2.75) is 6.92 Å². The maximum atomic E-state index is 4.90. The van der Waals surface area contributed by atoms with Gasteiger partial charge in [0.1, 0.15) is 5.82 Å². The summed E-state index contributed by atoms with van der Waals surface area (Å²) in [5.41, 5.74) is 8.67. The van der Waals surface area contributed by atoms with Crippen LogP contribution in [0.15, 0.2) is 145 Å². The van der Waals surface area contributed by atoms with Gasteiger partial charge >= 0.3 is 0 Å². The van der Waals surface area contributed by atoms with Crippen molar-refractivity contribution in [1.82, 2.24) is 19.1 Å². The number of rotatable bonds is 5. The Labute approximate surface area is 291 Å². The third kappa shape index (κ3) is 4.15. The average Bonchev–Trinajstić information content (AvgIpc) is 3.81. The van der Waals surface area contributed by atoms with Gasteiger partial charge in [0.2, 0.25) is 0 Å². The van der Waals surface area contributed by atoms with Gasteiger partial charge in [0.25, 0.3) is 0 Å². The van der Waals surface area contributed by atoms with E-state index in [0.29, 0.717) is 0 Å². The van der Waals surface area contributed by atoms with E-state index in [1.54, 1.807) is 0 Å². The zero-order valence-corrected chi connectivity index (χ0v) is 28.0. The second-order valence-electron chi connectivity index (χ2n) is 12.5. The van der Waals surface area contributed by atoms with Gasteiger partial charge in [-0.15, -0.1) is 11.3 Å². The fourth-order valence-electron chi connectivity index (χ4n) is 7.55. The highest BCUT2D eigenvalue weighted by molar-refractivity contribution is 7.26. The zero-order valence-electron chi connectivity index (χ0n) is 27.2. The highest BCUT2D eigenvalue weighted by atomic mass is 32.1. The first-order valence-corrected chi connectivity index (χ1v) is 17.5. The number of allylic oxidation sites excluding steroid dienone is 1. The lowest BCUT2D eigenvalue weighted by atomic mass is 10.1. The van der Waals surface area contributed by atoms with Gasteiger partial charge in [0, 0.05) is 65.7 Å². The first-order valence-electron chi connectivity index (χ1n) is 16.7. The molecule has 0 saturated carbocycles. The summed E-state index contributed by atoms with van der Waals surface area (Å²) < 4.78 is 7.13. The second-order valence-corrected chi connectivity index (χ2v) is 13.6. The molecule has 5 nitrogen and oxygen atoms in total. The SMILES string of the molecule is C=Nc1c(/C=C\C)c2ccc3c4cc5c6ccccc6n(-c6ccc7nc(-c8ccccc8)ncc7c6)c5cc4sc3c2n1-c1ccccc1. The minimum atomic E-state index is 0.733. The molecule has 0 N–H and O–H groups in total. The van der Waals surface area contributed by atoms with E-state index in [0.717, 1.165) is 50.6 Å². The summed E-state index contributed by atoms with van der Waals surface area (Å²) >= 11 is 1.84. The lowest BCUT2D eigenvalue weighted by Crippen LogP contribution is -1.95. The lowest BCUT2D eigenvalue weighted by Gasteiger charge is -2.10. The number of para-hydroxylation sites is 2. The molecule has 4 heterocycles. The number of hydrogen-bond acceptors (Lipinski definition) is 4. The minimum Gasteiger partial charge on any atom is -0.309 e. The molecule has 50 heavy (non-hydrogen) atoms. The first-order chi connectivity index (χ1) is 24.7. The van der Waals surface area contributed by atoms with Crippen LogP contribution in [0.2, 0.25) is 0 Å². The van der Waals surface area contributed by atoms with Crippen molar-refractivity contribution in [3.05, 3.63) is 145 Å². The maximum absolute atomic E-state index is 4.90. The van der Waals surface area contributed by atoms with Crippen molar-refractivity contribution in [2.75, 3.05) is 0 Å². The van der Waals surface area contributed by atoms with Crippen LogP contribution in [-0.2, 0) is 0 Å². The van der Waals surface area contributed by atoms with Crippen LogP contribution in [-0.4, -0.2) is 25.8 Å². The number of nitrogens with zero attached hydrogens (tertiary/aromatic N) is 5. The van der Waals surface area contributed by atoms with E-state index in [4.69, 9.17) is 9.97 Å². The van der Waals surface area contributed by atoms with Crippen LogP contribution >= 0.6 is 11.3 Å². The topological polar surface area (TPSA) is 48.0 Å². The minimum absolute atomic E-state index is 0.733. The predicted molar refractivity (Wildman–Crippen MR) is 213 cm³/mol. The summed E-state index contributed by atoms with van der Waals surface area (Å²) in [6.07, 6.45) is 6.16. The molecule has 0 amide bonds. The van der Waals surface area contributed by atoms with Gasteiger partial charge in [-0.25, -0.2) is 15.0 Å². The van der Waals surface area contributed by atoms with E-state index in [2.05, 4.69) is 124 Å². The van der Waals surface area contributed by atoms with Crippen molar-refractivity contribution >= 4 is 93.7 Å². The molecule has 4 aromatic heterocycles. The van der Waals surface area contributed by atoms with Crippen LogP contribution in [0.25, 0.3) is 92.6 Å². The Kier molecular flexibility index (Phi) is 6.35. The Bertz CT molecular complexity index is 3000. The van der Waals surface area contributed by atoms with Crippen LogP contribution in [0.4, 0.5) is 5.82 Å². The standard InChI is InChI=1S/C44H29N5S/c1-3-12-34-32-20-21-33-36-24-35-31-17-10-11-18-38(31)48(30-19-22-37-28(23-30)26-46-43(47-37)27-13-6-4-7-14-27)39(35)25-40(36)50-42(33)41(32)49(44(34)45-2)29-15-8-5-9-16-29/h3-26H,2H2,1H3/b12-3-. The third-order valence-electron chi connectivity index (χ3n) is 9.73. The summed E-state index contributed by atoms with van der Waals surface area (Å²) in [5.74, 6) is 1.59. The van der Waals surface area contributed by atoms with Gasteiger partial charge in [0.15, 0.2) is 5.82 Å². The van der Waals surface area contributed by atoms with Gasteiger partial charge < -0.3 is 4.57 Å². The van der Waals surface area contributed by atoms with Crippen molar-refractivity contribution in [2.24, 2.45) is 4.99 Å². The summed E-state index contributed by atoms with van der Waals surface area (Å²) in [6.45, 7) is 6.05. The smallest absolute Gasteiger partial charge is 0.159 e. The lowest BCUT2D eigenvalue weighted by molar-refractivity contribution is 1.12. The fourth-order valence-corrected chi connectivity index (χ4v) is 8.81.